The van der Waals surface area contributed by atoms with Crippen molar-refractivity contribution < 1.29 is 23.9 Å². The third-order valence-corrected chi connectivity index (χ3v) is 7.27. The highest BCUT2D eigenvalue weighted by Gasteiger charge is 2.70. The van der Waals surface area contributed by atoms with Gasteiger partial charge in [-0.15, -0.1) is 0 Å². The molecular weight excluding hydrogens is 436 g/mol. The number of likely N-dealkylation sites (tertiary alicyclic amines) is 1. The molecule has 9 nitrogen and oxygen atoms in total. The first-order chi connectivity index (χ1) is 16.3. The molecular formula is C25H26N4O5. The molecule has 0 saturated carbocycles. The van der Waals surface area contributed by atoms with Crippen molar-refractivity contribution in [1.82, 2.24) is 10.2 Å². The number of hydrogen-bond acceptors (Lipinski definition) is 6. The molecule has 0 aliphatic carbocycles. The Bertz CT molecular complexity index is 1230. The minimum atomic E-state index is -1.39. The second-order valence-electron chi connectivity index (χ2n) is 9.09. The molecule has 2 aromatic rings. The molecule has 2 fully saturated rings. The Hall–Kier alpha value is -3.72. The van der Waals surface area contributed by atoms with E-state index in [1.54, 1.807) is 18.2 Å². The smallest absolute Gasteiger partial charge is 0.250 e. The fraction of sp³-hybridized carbons (Fsp3) is 0.360. The quantitative estimate of drug-likeness (QED) is 0.553. The molecule has 4 atom stereocenters. The van der Waals surface area contributed by atoms with Gasteiger partial charge in [-0.2, -0.15) is 0 Å². The van der Waals surface area contributed by atoms with E-state index in [-0.39, 0.29) is 31.2 Å². The third-order valence-electron chi connectivity index (χ3n) is 7.27. The number of benzene rings is 2. The highest BCUT2D eigenvalue weighted by molar-refractivity contribution is 6.15. The van der Waals surface area contributed by atoms with Crippen molar-refractivity contribution >= 4 is 29.3 Å². The van der Waals surface area contributed by atoms with Crippen LogP contribution in [0.3, 0.4) is 0 Å². The maximum Gasteiger partial charge on any atom is 0.250 e. The summed E-state index contributed by atoms with van der Waals surface area (Å²) in [5.41, 5.74) is 6.84. The van der Waals surface area contributed by atoms with E-state index >= 15 is 0 Å². The molecule has 176 valence electrons. The first-order valence-electron chi connectivity index (χ1n) is 11.2. The number of primary amides is 1. The largest absolute Gasteiger partial charge is 0.496 e. The Morgan fingerprint density at radius 2 is 1.88 bits per heavy atom. The number of para-hydroxylation sites is 2. The number of anilines is 1. The molecule has 0 bridgehead atoms. The van der Waals surface area contributed by atoms with E-state index in [0.29, 0.717) is 22.6 Å². The van der Waals surface area contributed by atoms with Crippen LogP contribution in [0.1, 0.15) is 29.5 Å². The summed E-state index contributed by atoms with van der Waals surface area (Å²) in [6.45, 7) is 1.92. The molecule has 3 aliphatic rings. The maximum atomic E-state index is 13.8. The van der Waals surface area contributed by atoms with Gasteiger partial charge in [0.15, 0.2) is 0 Å². The molecule has 0 unspecified atom stereocenters. The van der Waals surface area contributed by atoms with Gasteiger partial charge < -0.3 is 15.8 Å². The summed E-state index contributed by atoms with van der Waals surface area (Å²) in [5, 5.41) is 6.23. The Morgan fingerprint density at radius 1 is 1.12 bits per heavy atom. The number of ether oxygens (including phenoxy) is 1. The van der Waals surface area contributed by atoms with Crippen molar-refractivity contribution in [3.8, 4) is 5.75 Å². The molecule has 1 spiro atoms. The van der Waals surface area contributed by atoms with Crippen molar-refractivity contribution in [3.05, 3.63) is 59.2 Å². The lowest BCUT2D eigenvalue weighted by Gasteiger charge is -2.29. The number of imide groups is 1. The molecule has 0 radical (unpaired) electrons. The molecule has 5 rings (SSSR count). The fourth-order valence-corrected chi connectivity index (χ4v) is 5.74. The van der Waals surface area contributed by atoms with Gasteiger partial charge in [-0.25, -0.2) is 0 Å². The second-order valence-corrected chi connectivity index (χ2v) is 9.09. The van der Waals surface area contributed by atoms with Crippen molar-refractivity contribution in [2.75, 3.05) is 12.4 Å². The van der Waals surface area contributed by atoms with Crippen LogP contribution in [0.25, 0.3) is 0 Å². The number of fused-ring (bicyclic) bond motifs is 4. The number of nitrogens with one attached hydrogen (secondary N) is 2. The van der Waals surface area contributed by atoms with E-state index in [4.69, 9.17) is 10.5 Å². The van der Waals surface area contributed by atoms with Gasteiger partial charge in [0.05, 0.1) is 25.5 Å². The molecule has 3 heterocycles. The minimum absolute atomic E-state index is 0.0350. The molecule has 4 N–H and O–H groups in total. The summed E-state index contributed by atoms with van der Waals surface area (Å²) in [5.74, 6) is -2.82. The van der Waals surface area contributed by atoms with E-state index in [1.807, 2.05) is 31.2 Å². The van der Waals surface area contributed by atoms with Crippen LogP contribution >= 0.6 is 0 Å². The number of nitrogens with two attached hydrogens (primary N) is 1. The lowest BCUT2D eigenvalue weighted by Crippen LogP contribution is -2.53. The number of rotatable bonds is 6. The van der Waals surface area contributed by atoms with Crippen LogP contribution in [0.5, 0.6) is 5.75 Å². The molecule has 34 heavy (non-hydrogen) atoms. The van der Waals surface area contributed by atoms with E-state index in [9.17, 15) is 19.2 Å². The summed E-state index contributed by atoms with van der Waals surface area (Å²) in [6, 6.07) is 12.1. The number of carbonyl (C=O) groups is 4. The molecule has 0 aromatic heterocycles. The summed E-state index contributed by atoms with van der Waals surface area (Å²) in [6.07, 6.45) is 0.279. The molecule has 9 heteroatoms. The number of aryl methyl sites for hydroxylation is 1. The topological polar surface area (TPSA) is 131 Å². The van der Waals surface area contributed by atoms with Gasteiger partial charge in [0.25, 0.3) is 0 Å². The highest BCUT2D eigenvalue weighted by Crippen LogP contribution is 2.54. The normalized spacial score (nSPS) is 27.2. The van der Waals surface area contributed by atoms with Gasteiger partial charge in [-0.05, 0) is 25.0 Å². The molecule has 2 saturated heterocycles. The van der Waals surface area contributed by atoms with E-state index < -0.39 is 35.2 Å². The van der Waals surface area contributed by atoms with Crippen molar-refractivity contribution in [3.63, 3.8) is 0 Å². The van der Waals surface area contributed by atoms with E-state index in [1.165, 1.54) is 12.0 Å². The predicted octanol–water partition coefficient (Wildman–Crippen LogP) is 1.19. The Labute approximate surface area is 196 Å². The van der Waals surface area contributed by atoms with Crippen molar-refractivity contribution in [2.24, 2.45) is 17.6 Å². The third kappa shape index (κ3) is 3.03. The zero-order chi connectivity index (χ0) is 24.2. The first kappa shape index (κ1) is 22.1. The highest BCUT2D eigenvalue weighted by atomic mass is 16.5. The average molecular weight is 463 g/mol. The van der Waals surface area contributed by atoms with E-state index in [0.717, 1.165) is 5.56 Å². The zero-order valence-corrected chi connectivity index (χ0v) is 19.0. The lowest BCUT2D eigenvalue weighted by molar-refractivity contribution is -0.143. The number of methoxy groups -OCH3 is 1. The minimum Gasteiger partial charge on any atom is -0.496 e. The summed E-state index contributed by atoms with van der Waals surface area (Å²) in [7, 11) is 1.53. The molecule has 4 amide bonds. The lowest BCUT2D eigenvalue weighted by atomic mass is 9.76. The zero-order valence-electron chi connectivity index (χ0n) is 19.0. The average Bonchev–Trinajstić information content (AvgIpc) is 3.40. The van der Waals surface area contributed by atoms with Crippen LogP contribution in [-0.2, 0) is 31.3 Å². The van der Waals surface area contributed by atoms with Gasteiger partial charge >= 0.3 is 0 Å². The van der Waals surface area contributed by atoms with Gasteiger partial charge in [0.1, 0.15) is 11.3 Å². The Morgan fingerprint density at radius 3 is 2.62 bits per heavy atom. The Balaban J connectivity index is 1.59. The predicted molar refractivity (Wildman–Crippen MR) is 122 cm³/mol. The monoisotopic (exact) mass is 462 g/mol. The summed E-state index contributed by atoms with van der Waals surface area (Å²) in [4.78, 5) is 53.7. The Kier molecular flexibility index (Phi) is 5.16. The maximum absolute atomic E-state index is 13.8. The fourth-order valence-electron chi connectivity index (χ4n) is 5.74. The summed E-state index contributed by atoms with van der Waals surface area (Å²) < 4.78 is 5.40. The van der Waals surface area contributed by atoms with Crippen molar-refractivity contribution in [2.45, 2.75) is 37.9 Å². The van der Waals surface area contributed by atoms with Crippen molar-refractivity contribution in [1.29, 1.82) is 0 Å². The molecule has 3 aliphatic heterocycles. The van der Waals surface area contributed by atoms with Gasteiger partial charge in [-0.1, -0.05) is 36.4 Å². The second kappa shape index (κ2) is 7.95. The number of amides is 4. The van der Waals surface area contributed by atoms with Crippen LogP contribution in [0.2, 0.25) is 0 Å². The number of nitrogens with zero attached hydrogens (tertiary/aromatic N) is 1. The van der Waals surface area contributed by atoms with Gasteiger partial charge in [-0.3, -0.25) is 29.4 Å². The number of hydrogen-bond donors (Lipinski definition) is 3. The van der Waals surface area contributed by atoms with E-state index in [2.05, 4.69) is 10.6 Å². The van der Waals surface area contributed by atoms with Crippen LogP contribution in [0.15, 0.2) is 42.5 Å². The number of carbonyl (C=O) groups excluding carboxylic acids is 4. The summed E-state index contributed by atoms with van der Waals surface area (Å²) >= 11 is 0. The molecule has 2 aromatic carbocycles. The van der Waals surface area contributed by atoms with Gasteiger partial charge in [0.2, 0.25) is 23.6 Å². The van der Waals surface area contributed by atoms with Gasteiger partial charge in [0, 0.05) is 29.3 Å². The first-order valence-corrected chi connectivity index (χ1v) is 11.2. The van der Waals surface area contributed by atoms with Crippen LogP contribution < -0.4 is 21.1 Å². The van der Waals surface area contributed by atoms with Crippen LogP contribution in [0, 0.1) is 18.8 Å². The van der Waals surface area contributed by atoms with Crippen LogP contribution in [-0.4, -0.2) is 41.7 Å². The standard InChI is InChI=1S/C25H26N4O5/c1-13-6-5-8-15-21(13)27-24(33)25(15)20-19(16(28-25)10-11-18(26)30)22(31)29(23(20)32)12-14-7-3-4-9-17(14)34-2/h3-9,16,19-20,28H,10-12H2,1-2H3,(H2,26,30)(H,27,33)/t16-,19-,20-,25-/m1/s1. The van der Waals surface area contributed by atoms with Crippen LogP contribution in [0.4, 0.5) is 5.69 Å². The SMILES string of the molecule is COc1ccccc1CN1C(=O)[C@@H]2[C@@H](CCC(N)=O)N[C@@]3(C(=O)Nc4c(C)cccc43)[C@H]2C1=O.